The molecule has 0 saturated heterocycles. The van der Waals surface area contributed by atoms with E-state index in [9.17, 15) is 0 Å². The fourth-order valence-electron chi connectivity index (χ4n) is 2.76. The third kappa shape index (κ3) is 4.77. The van der Waals surface area contributed by atoms with E-state index in [-0.39, 0.29) is 0 Å². The first-order valence-electron chi connectivity index (χ1n) is 7.12. The van der Waals surface area contributed by atoms with Gasteiger partial charge in [0.15, 0.2) is 0 Å². The van der Waals surface area contributed by atoms with Crippen LogP contribution < -0.4 is 0 Å². The molecule has 1 aromatic carbocycles. The zero-order valence-corrected chi connectivity index (χ0v) is 13.7. The summed E-state index contributed by atoms with van der Waals surface area (Å²) >= 11 is 9.58. The molecule has 0 bridgehead atoms. The van der Waals surface area contributed by atoms with Crippen LogP contribution in [0.3, 0.4) is 0 Å². The molecule has 0 heterocycles. The lowest BCUT2D eigenvalue weighted by atomic mass is 9.83. The van der Waals surface area contributed by atoms with Gasteiger partial charge in [-0.15, -0.1) is 0 Å². The highest BCUT2D eigenvalue weighted by Crippen LogP contribution is 2.37. The van der Waals surface area contributed by atoms with Crippen LogP contribution in [0.4, 0.5) is 0 Å². The normalized spacial score (nSPS) is 19.1. The van der Waals surface area contributed by atoms with Crippen LogP contribution in [0, 0.1) is 5.41 Å². The minimum absolute atomic E-state index is 0.350. The van der Waals surface area contributed by atoms with Crippen LogP contribution in [-0.2, 0) is 11.3 Å². The Morgan fingerprint density at radius 3 is 2.26 bits per heavy atom. The van der Waals surface area contributed by atoms with Crippen LogP contribution >= 0.6 is 27.5 Å². The minimum atomic E-state index is 0.350. The Morgan fingerprint density at radius 2 is 1.68 bits per heavy atom. The highest BCUT2D eigenvalue weighted by Gasteiger charge is 2.30. The summed E-state index contributed by atoms with van der Waals surface area (Å²) in [6.45, 7) is 1.55. The van der Waals surface area contributed by atoms with E-state index in [0.29, 0.717) is 12.0 Å². The van der Waals surface area contributed by atoms with Gasteiger partial charge in [-0.25, -0.2) is 0 Å². The predicted octanol–water partition coefficient (Wildman–Crippen LogP) is 5.59. The van der Waals surface area contributed by atoms with Gasteiger partial charge in [0.1, 0.15) is 0 Å². The maximum atomic E-state index is 5.98. The predicted molar refractivity (Wildman–Crippen MR) is 85.0 cm³/mol. The molecule has 0 aromatic heterocycles. The van der Waals surface area contributed by atoms with E-state index in [1.807, 2.05) is 24.3 Å². The SMILES string of the molecule is Clc1ccc(COCC2(CBr)CCCCCC2)cc1. The number of hydrogen-bond acceptors (Lipinski definition) is 1. The van der Waals surface area contributed by atoms with Gasteiger partial charge in [-0.1, -0.05) is 65.3 Å². The molecule has 19 heavy (non-hydrogen) atoms. The molecule has 1 aliphatic rings. The van der Waals surface area contributed by atoms with Gasteiger partial charge in [-0.2, -0.15) is 0 Å². The molecule has 0 spiro atoms. The van der Waals surface area contributed by atoms with Crippen LogP contribution in [0.15, 0.2) is 24.3 Å². The summed E-state index contributed by atoms with van der Waals surface area (Å²) in [5.41, 5.74) is 1.55. The van der Waals surface area contributed by atoms with E-state index in [1.165, 1.54) is 44.1 Å². The van der Waals surface area contributed by atoms with Crippen molar-refractivity contribution in [2.24, 2.45) is 5.41 Å². The molecule has 0 radical (unpaired) electrons. The number of ether oxygens (including phenoxy) is 1. The third-order valence-electron chi connectivity index (χ3n) is 4.04. The van der Waals surface area contributed by atoms with Crippen molar-refractivity contribution < 1.29 is 4.74 Å². The Labute approximate surface area is 129 Å². The molecular formula is C16H22BrClO. The van der Waals surface area contributed by atoms with Crippen molar-refractivity contribution in [2.75, 3.05) is 11.9 Å². The summed E-state index contributed by atoms with van der Waals surface area (Å²) in [6, 6.07) is 7.92. The van der Waals surface area contributed by atoms with E-state index < -0.39 is 0 Å². The number of hydrogen-bond donors (Lipinski definition) is 0. The molecule has 106 valence electrons. The zero-order valence-electron chi connectivity index (χ0n) is 11.3. The van der Waals surface area contributed by atoms with E-state index >= 15 is 0 Å². The number of halogens is 2. The molecule has 0 unspecified atom stereocenters. The van der Waals surface area contributed by atoms with Crippen LogP contribution in [0.1, 0.15) is 44.1 Å². The second-order valence-corrected chi connectivity index (χ2v) is 6.66. The first-order chi connectivity index (χ1) is 9.24. The van der Waals surface area contributed by atoms with Crippen molar-refractivity contribution in [3.05, 3.63) is 34.9 Å². The molecule has 1 nitrogen and oxygen atoms in total. The molecule has 2 rings (SSSR count). The van der Waals surface area contributed by atoms with Gasteiger partial charge in [0.05, 0.1) is 13.2 Å². The monoisotopic (exact) mass is 344 g/mol. The summed E-state index contributed by atoms with van der Waals surface area (Å²) in [5, 5.41) is 1.84. The van der Waals surface area contributed by atoms with Crippen LogP contribution in [0.5, 0.6) is 0 Å². The fraction of sp³-hybridized carbons (Fsp3) is 0.625. The lowest BCUT2D eigenvalue weighted by Gasteiger charge is -2.30. The van der Waals surface area contributed by atoms with Gasteiger partial charge in [-0.05, 0) is 30.5 Å². The Bertz CT molecular complexity index is 369. The van der Waals surface area contributed by atoms with E-state index in [1.54, 1.807) is 0 Å². The summed E-state index contributed by atoms with van der Waals surface area (Å²) in [6.07, 6.45) is 8.03. The van der Waals surface area contributed by atoms with E-state index in [2.05, 4.69) is 15.9 Å². The first kappa shape index (κ1) is 15.3. The van der Waals surface area contributed by atoms with Gasteiger partial charge >= 0.3 is 0 Å². The van der Waals surface area contributed by atoms with Gasteiger partial charge in [-0.3, -0.25) is 0 Å². The van der Waals surface area contributed by atoms with Crippen molar-refractivity contribution in [3.8, 4) is 0 Å². The Kier molecular flexibility index (Phi) is 6.18. The average Bonchev–Trinajstić information content (AvgIpc) is 2.67. The highest BCUT2D eigenvalue weighted by atomic mass is 79.9. The Morgan fingerprint density at radius 1 is 1.05 bits per heavy atom. The lowest BCUT2D eigenvalue weighted by Crippen LogP contribution is -2.28. The smallest absolute Gasteiger partial charge is 0.0717 e. The molecule has 1 aromatic rings. The van der Waals surface area contributed by atoms with Crippen LogP contribution in [-0.4, -0.2) is 11.9 Å². The topological polar surface area (TPSA) is 9.23 Å². The molecular weight excluding hydrogens is 324 g/mol. The van der Waals surface area contributed by atoms with Crippen molar-refractivity contribution >= 4 is 27.5 Å². The molecule has 1 fully saturated rings. The first-order valence-corrected chi connectivity index (χ1v) is 8.62. The van der Waals surface area contributed by atoms with Crippen molar-refractivity contribution in [2.45, 2.75) is 45.1 Å². The Hall–Kier alpha value is -0.0500. The quantitative estimate of drug-likeness (QED) is 0.499. The zero-order chi connectivity index (χ0) is 13.6. The van der Waals surface area contributed by atoms with Gasteiger partial charge in [0.2, 0.25) is 0 Å². The second kappa shape index (κ2) is 7.66. The molecule has 0 N–H and O–H groups in total. The standard InChI is InChI=1S/C16H22BrClO/c17-12-16(9-3-1-2-4-10-16)13-19-11-14-5-7-15(18)8-6-14/h5-8H,1-4,9-13H2. The molecule has 3 heteroatoms. The molecule has 1 saturated carbocycles. The maximum Gasteiger partial charge on any atom is 0.0717 e. The number of rotatable bonds is 5. The van der Waals surface area contributed by atoms with Gasteiger partial charge < -0.3 is 4.74 Å². The summed E-state index contributed by atoms with van der Waals surface area (Å²) in [4.78, 5) is 0. The number of benzene rings is 1. The maximum absolute atomic E-state index is 5.98. The second-order valence-electron chi connectivity index (χ2n) is 5.67. The van der Waals surface area contributed by atoms with Gasteiger partial charge in [0, 0.05) is 15.8 Å². The van der Waals surface area contributed by atoms with Crippen molar-refractivity contribution in [1.82, 2.24) is 0 Å². The van der Waals surface area contributed by atoms with Gasteiger partial charge in [0.25, 0.3) is 0 Å². The summed E-state index contributed by atoms with van der Waals surface area (Å²) in [7, 11) is 0. The fourth-order valence-corrected chi connectivity index (χ4v) is 3.61. The summed E-state index contributed by atoms with van der Waals surface area (Å²) < 4.78 is 5.98. The number of alkyl halides is 1. The third-order valence-corrected chi connectivity index (χ3v) is 5.48. The highest BCUT2D eigenvalue weighted by molar-refractivity contribution is 9.09. The van der Waals surface area contributed by atoms with Crippen molar-refractivity contribution in [1.29, 1.82) is 0 Å². The molecule has 1 aliphatic carbocycles. The minimum Gasteiger partial charge on any atom is -0.376 e. The van der Waals surface area contributed by atoms with Crippen LogP contribution in [0.25, 0.3) is 0 Å². The van der Waals surface area contributed by atoms with E-state index in [0.717, 1.165) is 17.0 Å². The average molecular weight is 346 g/mol. The Balaban J connectivity index is 1.83. The van der Waals surface area contributed by atoms with Crippen molar-refractivity contribution in [3.63, 3.8) is 0 Å². The molecule has 0 aliphatic heterocycles. The van der Waals surface area contributed by atoms with E-state index in [4.69, 9.17) is 16.3 Å². The largest absolute Gasteiger partial charge is 0.376 e. The lowest BCUT2D eigenvalue weighted by molar-refractivity contribution is 0.0374. The molecule has 0 atom stereocenters. The summed E-state index contributed by atoms with van der Waals surface area (Å²) in [5.74, 6) is 0. The van der Waals surface area contributed by atoms with Crippen LogP contribution in [0.2, 0.25) is 5.02 Å². The molecule has 0 amide bonds.